The summed E-state index contributed by atoms with van der Waals surface area (Å²) in [4.78, 5) is 0. The largest absolute Gasteiger partial charge is 0.463 e. The van der Waals surface area contributed by atoms with E-state index < -0.39 is 0 Å². The Hall–Kier alpha value is -1.60. The fourth-order valence-electron chi connectivity index (χ4n) is 2.61. The highest BCUT2D eigenvalue weighted by atomic mass is 16.6. The van der Waals surface area contributed by atoms with Crippen molar-refractivity contribution in [3.63, 3.8) is 0 Å². The van der Waals surface area contributed by atoms with Crippen LogP contribution in [0.3, 0.4) is 0 Å². The van der Waals surface area contributed by atoms with Gasteiger partial charge in [0.05, 0.1) is 31.8 Å². The van der Waals surface area contributed by atoms with Crippen LogP contribution >= 0.6 is 0 Å². The van der Waals surface area contributed by atoms with Crippen molar-refractivity contribution in [2.45, 2.75) is 44.7 Å². The zero-order valence-electron chi connectivity index (χ0n) is 14.7. The van der Waals surface area contributed by atoms with E-state index in [0.29, 0.717) is 26.4 Å². The molecule has 6 nitrogen and oxygen atoms in total. The molecule has 136 valence electrons. The molecule has 4 rings (SSSR count). The van der Waals surface area contributed by atoms with Crippen molar-refractivity contribution in [1.82, 2.24) is 0 Å². The number of hydrogen-bond acceptors (Lipinski definition) is 6. The van der Waals surface area contributed by atoms with E-state index >= 15 is 0 Å². The van der Waals surface area contributed by atoms with Crippen LogP contribution in [0.2, 0.25) is 0 Å². The maximum absolute atomic E-state index is 5.96. The molecule has 2 fully saturated rings. The molecule has 2 unspecified atom stereocenters. The standard InChI is InChI=1S/C19H24O6/c1-19(2,17-5-3-13(24-17)7-20-9-15-11-22-15)18-6-4-14(25-18)8-21-10-16-12-23-16/h3-6,15-16H,7-12H2,1-2H3. The molecule has 6 heteroatoms. The molecule has 0 N–H and O–H groups in total. The summed E-state index contributed by atoms with van der Waals surface area (Å²) in [5, 5.41) is 0. The predicted octanol–water partition coefficient (Wildman–Crippen LogP) is 3.03. The molecular weight excluding hydrogens is 324 g/mol. The highest BCUT2D eigenvalue weighted by molar-refractivity contribution is 5.27. The van der Waals surface area contributed by atoms with Crippen molar-refractivity contribution in [3.8, 4) is 0 Å². The fourth-order valence-corrected chi connectivity index (χ4v) is 2.61. The molecule has 0 bridgehead atoms. The van der Waals surface area contributed by atoms with Gasteiger partial charge in [0, 0.05) is 0 Å². The van der Waals surface area contributed by atoms with Crippen LogP contribution in [0.1, 0.15) is 36.9 Å². The van der Waals surface area contributed by atoms with Crippen molar-refractivity contribution in [2.75, 3.05) is 26.4 Å². The second kappa shape index (κ2) is 6.96. The first-order valence-electron chi connectivity index (χ1n) is 8.68. The van der Waals surface area contributed by atoms with E-state index in [-0.39, 0.29) is 17.6 Å². The third-order valence-electron chi connectivity index (χ3n) is 4.46. The van der Waals surface area contributed by atoms with Gasteiger partial charge in [-0.1, -0.05) is 0 Å². The number of ether oxygens (including phenoxy) is 4. The third kappa shape index (κ3) is 4.33. The van der Waals surface area contributed by atoms with Gasteiger partial charge < -0.3 is 27.8 Å². The lowest BCUT2D eigenvalue weighted by Gasteiger charge is -2.19. The van der Waals surface area contributed by atoms with E-state index in [1.807, 2.05) is 24.3 Å². The number of hydrogen-bond donors (Lipinski definition) is 0. The molecule has 0 amide bonds. The van der Waals surface area contributed by atoms with Crippen LogP contribution in [0.5, 0.6) is 0 Å². The van der Waals surface area contributed by atoms with Gasteiger partial charge in [0.2, 0.25) is 0 Å². The molecule has 25 heavy (non-hydrogen) atoms. The van der Waals surface area contributed by atoms with E-state index in [1.54, 1.807) is 0 Å². The lowest BCUT2D eigenvalue weighted by Crippen LogP contribution is -2.17. The van der Waals surface area contributed by atoms with E-state index in [2.05, 4.69) is 13.8 Å². The summed E-state index contributed by atoms with van der Waals surface area (Å²) in [6, 6.07) is 7.87. The average molecular weight is 348 g/mol. The van der Waals surface area contributed by atoms with Gasteiger partial charge in [0.1, 0.15) is 48.5 Å². The summed E-state index contributed by atoms with van der Waals surface area (Å²) in [7, 11) is 0. The van der Waals surface area contributed by atoms with Crippen LogP contribution in [-0.2, 0) is 37.6 Å². The van der Waals surface area contributed by atoms with Crippen molar-refractivity contribution in [2.24, 2.45) is 0 Å². The SMILES string of the molecule is CC(C)(c1ccc(COCC2CO2)o1)c1ccc(COCC2CO2)o1. The third-order valence-corrected chi connectivity index (χ3v) is 4.46. The molecule has 0 radical (unpaired) electrons. The van der Waals surface area contributed by atoms with Crippen LogP contribution < -0.4 is 0 Å². The molecule has 0 aromatic carbocycles. The van der Waals surface area contributed by atoms with Crippen LogP contribution in [-0.4, -0.2) is 38.6 Å². The zero-order valence-corrected chi connectivity index (χ0v) is 14.7. The molecular formula is C19H24O6. The maximum atomic E-state index is 5.96. The molecule has 2 aliphatic rings. The summed E-state index contributed by atoms with van der Waals surface area (Å²) >= 11 is 0. The highest BCUT2D eigenvalue weighted by Gasteiger charge is 2.31. The zero-order chi connectivity index (χ0) is 17.3. The number of epoxide rings is 2. The maximum Gasteiger partial charge on any atom is 0.129 e. The van der Waals surface area contributed by atoms with Crippen molar-refractivity contribution < 1.29 is 27.8 Å². The molecule has 0 spiro atoms. The summed E-state index contributed by atoms with van der Waals surface area (Å²) in [6.45, 7) is 7.90. The topological polar surface area (TPSA) is 69.8 Å². The molecule has 2 aromatic heterocycles. The Kier molecular flexibility index (Phi) is 4.69. The second-order valence-corrected chi connectivity index (χ2v) is 7.10. The van der Waals surface area contributed by atoms with Crippen molar-refractivity contribution >= 4 is 0 Å². The molecule has 0 aliphatic carbocycles. The first-order chi connectivity index (χ1) is 12.1. The summed E-state index contributed by atoms with van der Waals surface area (Å²) < 4.78 is 33.3. The van der Waals surface area contributed by atoms with Gasteiger partial charge in [0.25, 0.3) is 0 Å². The van der Waals surface area contributed by atoms with Crippen molar-refractivity contribution in [3.05, 3.63) is 47.3 Å². The Balaban J connectivity index is 1.34. The molecule has 2 aromatic rings. The second-order valence-electron chi connectivity index (χ2n) is 7.10. The Morgan fingerprint density at radius 3 is 1.68 bits per heavy atom. The van der Waals surface area contributed by atoms with E-state index in [4.69, 9.17) is 27.8 Å². The molecule has 4 heterocycles. The molecule has 2 aliphatic heterocycles. The number of rotatable bonds is 10. The van der Waals surface area contributed by atoms with Gasteiger partial charge >= 0.3 is 0 Å². The van der Waals surface area contributed by atoms with Crippen LogP contribution in [0.15, 0.2) is 33.1 Å². The van der Waals surface area contributed by atoms with E-state index in [1.165, 1.54) is 0 Å². The summed E-state index contributed by atoms with van der Waals surface area (Å²) in [5.41, 5.74) is -0.365. The Bertz CT molecular complexity index is 634. The van der Waals surface area contributed by atoms with E-state index in [9.17, 15) is 0 Å². The molecule has 2 atom stereocenters. The Morgan fingerprint density at radius 1 is 0.840 bits per heavy atom. The smallest absolute Gasteiger partial charge is 0.129 e. The lowest BCUT2D eigenvalue weighted by molar-refractivity contribution is 0.0879. The molecule has 2 saturated heterocycles. The minimum atomic E-state index is -0.365. The van der Waals surface area contributed by atoms with Gasteiger partial charge in [-0.25, -0.2) is 0 Å². The minimum absolute atomic E-state index is 0.265. The van der Waals surface area contributed by atoms with Gasteiger partial charge in [0.15, 0.2) is 0 Å². The van der Waals surface area contributed by atoms with Crippen LogP contribution in [0.4, 0.5) is 0 Å². The van der Waals surface area contributed by atoms with Gasteiger partial charge in [-0.2, -0.15) is 0 Å². The van der Waals surface area contributed by atoms with Crippen LogP contribution in [0.25, 0.3) is 0 Å². The first kappa shape index (κ1) is 16.8. The van der Waals surface area contributed by atoms with Crippen molar-refractivity contribution in [1.29, 1.82) is 0 Å². The van der Waals surface area contributed by atoms with Gasteiger partial charge in [-0.3, -0.25) is 0 Å². The Morgan fingerprint density at radius 2 is 1.28 bits per heavy atom. The highest BCUT2D eigenvalue weighted by Crippen LogP contribution is 2.34. The van der Waals surface area contributed by atoms with Crippen LogP contribution in [0, 0.1) is 0 Å². The Labute approximate surface area is 147 Å². The molecule has 0 saturated carbocycles. The first-order valence-corrected chi connectivity index (χ1v) is 8.68. The minimum Gasteiger partial charge on any atom is -0.463 e. The van der Waals surface area contributed by atoms with E-state index in [0.717, 1.165) is 36.3 Å². The average Bonchev–Trinajstić information content (AvgIpc) is 3.48. The quantitative estimate of drug-likeness (QED) is 0.615. The van der Waals surface area contributed by atoms with Gasteiger partial charge in [-0.05, 0) is 38.1 Å². The summed E-state index contributed by atoms with van der Waals surface area (Å²) in [6.07, 6.45) is 0.530. The lowest BCUT2D eigenvalue weighted by atomic mass is 9.87. The number of furan rings is 2. The summed E-state index contributed by atoms with van der Waals surface area (Å²) in [5.74, 6) is 3.32. The predicted molar refractivity (Wildman–Crippen MR) is 88.3 cm³/mol. The monoisotopic (exact) mass is 348 g/mol. The van der Waals surface area contributed by atoms with Gasteiger partial charge in [-0.15, -0.1) is 0 Å². The normalized spacial score (nSPS) is 22.3. The fraction of sp³-hybridized carbons (Fsp3) is 0.579.